The van der Waals surface area contributed by atoms with E-state index in [2.05, 4.69) is 10.5 Å². The molecule has 156 valence electrons. The van der Waals surface area contributed by atoms with Gasteiger partial charge in [-0.1, -0.05) is 59.9 Å². The second-order valence-electron chi connectivity index (χ2n) is 6.53. The van der Waals surface area contributed by atoms with Crippen molar-refractivity contribution in [3.63, 3.8) is 0 Å². The van der Waals surface area contributed by atoms with Crippen molar-refractivity contribution in [2.75, 3.05) is 6.79 Å². The van der Waals surface area contributed by atoms with Crippen LogP contribution in [0.5, 0.6) is 11.5 Å². The molecule has 3 aromatic carbocycles. The Labute approximate surface area is 189 Å². The number of ether oxygens (including phenoxy) is 2. The first kappa shape index (κ1) is 21.1. The number of benzene rings is 3. The van der Waals surface area contributed by atoms with Gasteiger partial charge in [0.2, 0.25) is 6.79 Å². The van der Waals surface area contributed by atoms with Crippen molar-refractivity contribution < 1.29 is 14.3 Å². The van der Waals surface area contributed by atoms with Gasteiger partial charge in [0.05, 0.1) is 9.95 Å². The molecule has 0 saturated carbocycles. The lowest BCUT2D eigenvalue weighted by Crippen LogP contribution is -2.16. The fraction of sp³-hybridized carbons (Fsp3) is 0.0833. The van der Waals surface area contributed by atoms with E-state index < -0.39 is 0 Å². The fourth-order valence-corrected chi connectivity index (χ4v) is 4.88. The molecule has 0 atom stereocenters. The molecule has 0 saturated heterocycles. The second-order valence-corrected chi connectivity index (χ2v) is 9.02. The van der Waals surface area contributed by atoms with Gasteiger partial charge in [-0.3, -0.25) is 4.79 Å². The number of fused-ring (bicyclic) bond motifs is 1. The Bertz CT molecular complexity index is 1070. The van der Waals surface area contributed by atoms with Crippen molar-refractivity contribution in [1.82, 2.24) is 5.43 Å². The Kier molecular flexibility index (Phi) is 6.96. The smallest absolute Gasteiger partial charge is 0.265 e. The molecule has 1 aliphatic rings. The lowest BCUT2D eigenvalue weighted by atomic mass is 10.1. The lowest BCUT2D eigenvalue weighted by molar-refractivity contribution is -0.116. The first-order valence-electron chi connectivity index (χ1n) is 9.59. The summed E-state index contributed by atoms with van der Waals surface area (Å²) in [5, 5.41) is 4.24. The number of carbonyl (C=O) groups is 1. The van der Waals surface area contributed by atoms with Gasteiger partial charge in [-0.25, -0.2) is 5.43 Å². The molecular formula is C24H20N2O3S2. The number of hydrogen-bond acceptors (Lipinski definition) is 6. The van der Waals surface area contributed by atoms with Gasteiger partial charge in [-0.15, -0.1) is 0 Å². The van der Waals surface area contributed by atoms with Gasteiger partial charge in [0.25, 0.3) is 5.91 Å². The molecule has 0 unspecified atom stereocenters. The molecule has 0 aliphatic carbocycles. The van der Waals surface area contributed by atoms with E-state index in [0.717, 1.165) is 19.6 Å². The summed E-state index contributed by atoms with van der Waals surface area (Å²) in [5.41, 5.74) is 4.15. The monoisotopic (exact) mass is 448 g/mol. The summed E-state index contributed by atoms with van der Waals surface area (Å²) in [7, 11) is 0. The molecule has 0 spiro atoms. The van der Waals surface area contributed by atoms with Gasteiger partial charge in [-0.2, -0.15) is 5.10 Å². The van der Waals surface area contributed by atoms with Crippen LogP contribution in [0.1, 0.15) is 12.5 Å². The minimum absolute atomic E-state index is 0.220. The van der Waals surface area contributed by atoms with Crippen molar-refractivity contribution in [3.8, 4) is 11.5 Å². The van der Waals surface area contributed by atoms with Crippen molar-refractivity contribution in [3.05, 3.63) is 94.7 Å². The summed E-state index contributed by atoms with van der Waals surface area (Å²) < 4.78 is 11.6. The molecule has 0 radical (unpaired) electrons. The van der Waals surface area contributed by atoms with Crippen LogP contribution in [0, 0.1) is 0 Å². The predicted molar refractivity (Wildman–Crippen MR) is 126 cm³/mol. The molecule has 1 heterocycles. The predicted octanol–water partition coefficient (Wildman–Crippen LogP) is 5.68. The molecule has 7 heteroatoms. The van der Waals surface area contributed by atoms with E-state index in [9.17, 15) is 4.79 Å². The van der Waals surface area contributed by atoms with Crippen LogP contribution in [0.3, 0.4) is 0 Å². The van der Waals surface area contributed by atoms with Crippen LogP contribution in [0.25, 0.3) is 0 Å². The summed E-state index contributed by atoms with van der Waals surface area (Å²) >= 11 is 3.08. The maximum atomic E-state index is 12.6. The van der Waals surface area contributed by atoms with Crippen LogP contribution < -0.4 is 14.9 Å². The lowest BCUT2D eigenvalue weighted by Gasteiger charge is -2.07. The molecule has 0 fully saturated rings. The van der Waals surface area contributed by atoms with E-state index in [4.69, 9.17) is 9.47 Å². The van der Waals surface area contributed by atoms with Gasteiger partial charge >= 0.3 is 0 Å². The van der Waals surface area contributed by atoms with E-state index in [0.29, 0.717) is 17.2 Å². The summed E-state index contributed by atoms with van der Waals surface area (Å²) in [6.45, 7) is 2.05. The van der Waals surface area contributed by atoms with Gasteiger partial charge in [-0.05, 0) is 49.4 Å². The number of hydrazone groups is 1. The standard InChI is InChI=1S/C24H20N2O3S2/c1-17(18-12-13-21-22(14-18)29-16-28-21)25-26-23(27)15-24(30-19-8-4-2-5-9-19)31-20-10-6-3-7-11-20/h2-15H,16H2,1H3,(H,26,27)/b25-17+. The van der Waals surface area contributed by atoms with Crippen molar-refractivity contribution in [2.24, 2.45) is 5.10 Å². The maximum Gasteiger partial charge on any atom is 0.265 e. The number of carbonyl (C=O) groups excluding carboxylic acids is 1. The average molecular weight is 449 g/mol. The molecule has 5 nitrogen and oxygen atoms in total. The number of hydrogen-bond donors (Lipinski definition) is 1. The van der Waals surface area contributed by atoms with Crippen molar-refractivity contribution in [2.45, 2.75) is 16.7 Å². The number of nitrogens with zero attached hydrogens (tertiary/aromatic N) is 1. The largest absolute Gasteiger partial charge is 0.454 e. The van der Waals surface area contributed by atoms with E-state index in [-0.39, 0.29) is 12.7 Å². The molecule has 1 N–H and O–H groups in total. The van der Waals surface area contributed by atoms with Crippen molar-refractivity contribution >= 4 is 35.1 Å². The maximum absolute atomic E-state index is 12.6. The van der Waals surface area contributed by atoms with Crippen molar-refractivity contribution in [1.29, 1.82) is 0 Å². The normalized spacial score (nSPS) is 12.4. The minimum Gasteiger partial charge on any atom is -0.454 e. The molecule has 4 rings (SSSR count). The summed E-state index contributed by atoms with van der Waals surface area (Å²) in [6, 6.07) is 25.5. The highest BCUT2D eigenvalue weighted by atomic mass is 32.2. The van der Waals surface area contributed by atoms with Gasteiger partial charge in [0.1, 0.15) is 0 Å². The highest BCUT2D eigenvalue weighted by Crippen LogP contribution is 2.39. The summed E-state index contributed by atoms with van der Waals surface area (Å²) in [5.74, 6) is 1.10. The van der Waals surface area contributed by atoms with Crippen LogP contribution in [0.4, 0.5) is 0 Å². The van der Waals surface area contributed by atoms with Crippen LogP contribution in [0.2, 0.25) is 0 Å². The molecule has 3 aromatic rings. The van der Waals surface area contributed by atoms with Crippen LogP contribution in [-0.2, 0) is 4.79 Å². The number of thioether (sulfide) groups is 2. The Morgan fingerprint density at radius 1 is 0.903 bits per heavy atom. The third kappa shape index (κ3) is 5.93. The third-order valence-corrected chi connectivity index (χ3v) is 6.45. The quantitative estimate of drug-likeness (QED) is 0.218. The van der Waals surface area contributed by atoms with Gasteiger partial charge < -0.3 is 9.47 Å². The molecule has 0 aromatic heterocycles. The number of nitrogens with one attached hydrogen (secondary N) is 1. The zero-order valence-corrected chi connectivity index (χ0v) is 18.4. The molecular weight excluding hydrogens is 428 g/mol. The van der Waals surface area contributed by atoms with E-state index >= 15 is 0 Å². The first-order chi connectivity index (χ1) is 15.2. The summed E-state index contributed by atoms with van der Waals surface area (Å²) in [6.07, 6.45) is 1.58. The van der Waals surface area contributed by atoms with E-state index in [1.807, 2.05) is 85.8 Å². The first-order valence-corrected chi connectivity index (χ1v) is 11.2. The van der Waals surface area contributed by atoms with Crippen LogP contribution in [0.15, 0.2) is 104 Å². The molecule has 1 amide bonds. The zero-order valence-electron chi connectivity index (χ0n) is 16.8. The van der Waals surface area contributed by atoms with Gasteiger partial charge in [0, 0.05) is 21.4 Å². The van der Waals surface area contributed by atoms with Crippen LogP contribution in [-0.4, -0.2) is 18.4 Å². The van der Waals surface area contributed by atoms with E-state index in [1.54, 1.807) is 29.6 Å². The SMILES string of the molecule is C/C(=N\NC(=O)C=C(Sc1ccccc1)Sc1ccccc1)c1ccc2c(c1)OCO2. The number of amides is 1. The third-order valence-electron chi connectivity index (χ3n) is 4.30. The highest BCUT2D eigenvalue weighted by Gasteiger charge is 2.14. The molecule has 1 aliphatic heterocycles. The molecule has 31 heavy (non-hydrogen) atoms. The minimum atomic E-state index is -0.290. The van der Waals surface area contributed by atoms with Gasteiger partial charge in [0.15, 0.2) is 11.5 Å². The van der Waals surface area contributed by atoms with Crippen LogP contribution >= 0.6 is 23.5 Å². The average Bonchev–Trinajstić information content (AvgIpc) is 3.27. The Balaban J connectivity index is 1.48. The molecule has 0 bridgehead atoms. The Morgan fingerprint density at radius 2 is 1.52 bits per heavy atom. The fourth-order valence-electron chi connectivity index (χ4n) is 2.75. The highest BCUT2D eigenvalue weighted by molar-refractivity contribution is 8.22. The second kappa shape index (κ2) is 10.2. The van der Waals surface area contributed by atoms with E-state index in [1.165, 1.54) is 0 Å². The topological polar surface area (TPSA) is 59.9 Å². The zero-order chi connectivity index (χ0) is 21.5. The number of rotatable bonds is 7. The Morgan fingerprint density at radius 3 is 2.16 bits per heavy atom. The summed E-state index contributed by atoms with van der Waals surface area (Å²) in [4.78, 5) is 14.7. The Hall–Kier alpha value is -3.16.